The maximum Gasteiger partial charge on any atom is 0.189 e. The molecule has 5 rings (SSSR count). The van der Waals surface area contributed by atoms with Gasteiger partial charge in [0.25, 0.3) is 0 Å². The first-order valence-electron chi connectivity index (χ1n) is 8.82. The molecule has 2 aromatic rings. The molecular formula is C19H19F2N3O. The van der Waals surface area contributed by atoms with Crippen molar-refractivity contribution in [2.75, 3.05) is 31.1 Å². The molecule has 0 radical (unpaired) electrons. The Morgan fingerprint density at radius 2 is 1.96 bits per heavy atom. The van der Waals surface area contributed by atoms with E-state index in [1.165, 1.54) is 23.3 Å². The van der Waals surface area contributed by atoms with Crippen LogP contribution < -0.4 is 15.6 Å². The van der Waals surface area contributed by atoms with E-state index in [4.69, 9.17) is 0 Å². The van der Waals surface area contributed by atoms with Gasteiger partial charge in [-0.15, -0.1) is 0 Å². The lowest BCUT2D eigenvalue weighted by Crippen LogP contribution is -2.26. The summed E-state index contributed by atoms with van der Waals surface area (Å²) >= 11 is 0. The minimum atomic E-state index is -0.650. The summed E-state index contributed by atoms with van der Waals surface area (Å²) in [4.78, 5) is 13.9. The molecule has 2 aliphatic heterocycles. The van der Waals surface area contributed by atoms with Crippen LogP contribution in [0, 0.1) is 11.6 Å². The third-order valence-electron chi connectivity index (χ3n) is 5.54. The Balaban J connectivity index is 1.67. The van der Waals surface area contributed by atoms with Gasteiger partial charge in [0.1, 0.15) is 11.5 Å². The van der Waals surface area contributed by atoms with E-state index in [0.29, 0.717) is 13.1 Å². The van der Waals surface area contributed by atoms with Gasteiger partial charge in [-0.3, -0.25) is 4.79 Å². The van der Waals surface area contributed by atoms with Gasteiger partial charge in [0.2, 0.25) is 0 Å². The minimum Gasteiger partial charge on any atom is -0.359 e. The van der Waals surface area contributed by atoms with E-state index in [1.807, 2.05) is 0 Å². The van der Waals surface area contributed by atoms with E-state index >= 15 is 4.39 Å². The van der Waals surface area contributed by atoms with Gasteiger partial charge in [0.05, 0.1) is 10.9 Å². The summed E-state index contributed by atoms with van der Waals surface area (Å²) < 4.78 is 32.0. The molecule has 4 nitrogen and oxygen atoms in total. The Morgan fingerprint density at radius 1 is 1.16 bits per heavy atom. The van der Waals surface area contributed by atoms with Crippen LogP contribution in [0.3, 0.4) is 0 Å². The number of rotatable bonds is 2. The van der Waals surface area contributed by atoms with Crippen molar-refractivity contribution in [3.05, 3.63) is 51.3 Å². The molecule has 0 atom stereocenters. The number of fused-ring (bicyclic) bond motifs is 1. The number of aromatic nitrogens is 1. The third-order valence-corrected chi connectivity index (χ3v) is 5.54. The molecule has 0 unspecified atom stereocenters. The number of hydrogen-bond donors (Lipinski definition) is 1. The van der Waals surface area contributed by atoms with E-state index in [9.17, 15) is 9.18 Å². The summed E-state index contributed by atoms with van der Waals surface area (Å²) in [5, 5.41) is 3.44. The van der Waals surface area contributed by atoms with Crippen LogP contribution in [0.2, 0.25) is 0 Å². The van der Waals surface area contributed by atoms with Gasteiger partial charge in [-0.1, -0.05) is 0 Å². The lowest BCUT2D eigenvalue weighted by Gasteiger charge is -2.22. The van der Waals surface area contributed by atoms with Crippen LogP contribution in [0.4, 0.5) is 14.5 Å². The summed E-state index contributed by atoms with van der Waals surface area (Å²) in [5.74, 6) is -1.25. The fraction of sp³-hybridized carbons (Fsp3) is 0.421. The molecule has 0 saturated heterocycles. The second-order valence-electron chi connectivity index (χ2n) is 7.23. The molecule has 1 saturated carbocycles. The lowest BCUT2D eigenvalue weighted by atomic mass is 10.1. The monoisotopic (exact) mass is 343 g/mol. The van der Waals surface area contributed by atoms with Crippen molar-refractivity contribution in [2.45, 2.75) is 25.3 Å². The van der Waals surface area contributed by atoms with Gasteiger partial charge in [0, 0.05) is 37.9 Å². The van der Waals surface area contributed by atoms with E-state index in [2.05, 4.69) is 5.32 Å². The third kappa shape index (κ3) is 2.31. The van der Waals surface area contributed by atoms with Crippen molar-refractivity contribution in [2.24, 2.45) is 0 Å². The fourth-order valence-corrected chi connectivity index (χ4v) is 4.11. The zero-order chi connectivity index (χ0) is 17.1. The zero-order valence-electron chi connectivity index (χ0n) is 13.8. The highest BCUT2D eigenvalue weighted by molar-refractivity contribution is 5.84. The van der Waals surface area contributed by atoms with Crippen molar-refractivity contribution in [1.82, 2.24) is 9.88 Å². The zero-order valence-corrected chi connectivity index (χ0v) is 13.8. The van der Waals surface area contributed by atoms with Crippen LogP contribution in [-0.4, -0.2) is 30.7 Å². The predicted octanol–water partition coefficient (Wildman–Crippen LogP) is 2.72. The van der Waals surface area contributed by atoms with Gasteiger partial charge in [0.15, 0.2) is 11.2 Å². The van der Waals surface area contributed by atoms with Crippen LogP contribution in [-0.2, 0) is 0 Å². The van der Waals surface area contributed by atoms with E-state index < -0.39 is 11.6 Å². The second-order valence-corrected chi connectivity index (χ2v) is 7.23. The Kier molecular flexibility index (Phi) is 3.25. The first-order valence-corrected chi connectivity index (χ1v) is 8.82. The second kappa shape index (κ2) is 5.39. The first-order chi connectivity index (χ1) is 12.1. The summed E-state index contributed by atoms with van der Waals surface area (Å²) in [5.41, 5.74) is 2.43. The largest absolute Gasteiger partial charge is 0.359 e. The van der Waals surface area contributed by atoms with Gasteiger partial charge >= 0.3 is 0 Å². The number of halogens is 2. The highest BCUT2D eigenvalue weighted by Gasteiger charge is 2.31. The first kappa shape index (κ1) is 15.1. The van der Waals surface area contributed by atoms with Crippen molar-refractivity contribution in [1.29, 1.82) is 0 Å². The summed E-state index contributed by atoms with van der Waals surface area (Å²) in [7, 11) is 0. The van der Waals surface area contributed by atoms with Gasteiger partial charge < -0.3 is 14.8 Å². The smallest absolute Gasteiger partial charge is 0.189 e. The molecule has 1 aromatic heterocycles. The SMILES string of the molecule is O=c1ccn(C2CC2)c2c(F)c(N3CC4=C(CNCC4)C3)c(F)cc12. The summed E-state index contributed by atoms with van der Waals surface area (Å²) in [6, 6.07) is 2.83. The molecule has 0 amide bonds. The van der Waals surface area contributed by atoms with Crippen LogP contribution in [0.1, 0.15) is 25.3 Å². The Labute approximate surface area is 143 Å². The molecule has 130 valence electrons. The average molecular weight is 343 g/mol. The van der Waals surface area contributed by atoms with Gasteiger partial charge in [-0.2, -0.15) is 0 Å². The fourth-order valence-electron chi connectivity index (χ4n) is 4.11. The van der Waals surface area contributed by atoms with E-state index in [0.717, 1.165) is 32.4 Å². The standard InChI is InChI=1S/C19H19F2N3O/c20-15-7-14-16(25)4-6-24(13-1-2-13)18(14)17(21)19(15)23-9-11-3-5-22-8-12(11)10-23/h4,6-7,13,22H,1-3,5,8-10H2. The molecule has 1 N–H and O–H groups in total. The van der Waals surface area contributed by atoms with Crippen LogP contribution in [0.25, 0.3) is 10.9 Å². The molecule has 6 heteroatoms. The molecule has 3 aliphatic rings. The van der Waals surface area contributed by atoms with Gasteiger partial charge in [-0.05, 0) is 43.0 Å². The van der Waals surface area contributed by atoms with Crippen molar-refractivity contribution in [3.8, 4) is 0 Å². The molecule has 1 aromatic carbocycles. The maximum absolute atomic E-state index is 15.4. The number of hydrogen-bond acceptors (Lipinski definition) is 3. The van der Waals surface area contributed by atoms with Crippen LogP contribution in [0.15, 0.2) is 34.3 Å². The highest BCUT2D eigenvalue weighted by atomic mass is 19.1. The van der Waals surface area contributed by atoms with Gasteiger partial charge in [-0.25, -0.2) is 8.78 Å². The van der Waals surface area contributed by atoms with Crippen molar-refractivity contribution in [3.63, 3.8) is 0 Å². The minimum absolute atomic E-state index is 0.00176. The lowest BCUT2D eigenvalue weighted by molar-refractivity contribution is 0.578. The molecule has 25 heavy (non-hydrogen) atoms. The topological polar surface area (TPSA) is 37.3 Å². The van der Waals surface area contributed by atoms with Crippen molar-refractivity contribution < 1.29 is 8.78 Å². The maximum atomic E-state index is 15.4. The average Bonchev–Trinajstić information content (AvgIpc) is 3.35. The van der Waals surface area contributed by atoms with Crippen LogP contribution >= 0.6 is 0 Å². The Hall–Kier alpha value is -2.21. The number of pyridine rings is 1. The highest BCUT2D eigenvalue weighted by Crippen LogP contribution is 2.40. The van der Waals surface area contributed by atoms with E-state index in [-0.39, 0.29) is 28.1 Å². The number of nitrogens with zero attached hydrogens (tertiary/aromatic N) is 2. The van der Waals surface area contributed by atoms with Crippen LogP contribution in [0.5, 0.6) is 0 Å². The Bertz CT molecular complexity index is 957. The molecule has 3 heterocycles. The summed E-state index contributed by atoms with van der Waals surface area (Å²) in [6.45, 7) is 2.81. The number of anilines is 1. The number of benzene rings is 1. The molecular weight excluding hydrogens is 324 g/mol. The summed E-state index contributed by atoms with van der Waals surface area (Å²) in [6.07, 6.45) is 4.50. The molecule has 1 aliphatic carbocycles. The van der Waals surface area contributed by atoms with Crippen molar-refractivity contribution >= 4 is 16.6 Å². The molecule has 0 spiro atoms. The number of nitrogens with one attached hydrogen (secondary N) is 1. The predicted molar refractivity (Wildman–Crippen MR) is 93.1 cm³/mol. The quantitative estimate of drug-likeness (QED) is 0.852. The molecule has 1 fully saturated rings. The van der Waals surface area contributed by atoms with E-state index in [1.54, 1.807) is 15.7 Å². The normalized spacial score (nSPS) is 20.5. The Morgan fingerprint density at radius 3 is 2.72 bits per heavy atom. The molecule has 0 bridgehead atoms.